The molecule has 0 fully saturated rings. The molecule has 22 heavy (non-hydrogen) atoms. The van der Waals surface area contributed by atoms with E-state index in [0.29, 0.717) is 18.4 Å². The van der Waals surface area contributed by atoms with Crippen molar-refractivity contribution in [2.75, 3.05) is 0 Å². The molecule has 0 saturated carbocycles. The van der Waals surface area contributed by atoms with Crippen LogP contribution in [0, 0.1) is 5.82 Å². The molecule has 0 saturated heterocycles. The Morgan fingerprint density at radius 1 is 1.05 bits per heavy atom. The first-order valence-electron chi connectivity index (χ1n) is 7.55. The number of halogens is 1. The Bertz CT molecular complexity index is 622. The van der Waals surface area contributed by atoms with E-state index in [9.17, 15) is 9.18 Å². The van der Waals surface area contributed by atoms with Gasteiger partial charge in [0.2, 0.25) is 5.91 Å². The van der Waals surface area contributed by atoms with Crippen LogP contribution in [0.1, 0.15) is 31.4 Å². The van der Waals surface area contributed by atoms with Crippen LogP contribution in [0.4, 0.5) is 4.39 Å². The molecular formula is C19H22FNO. The fourth-order valence-electron chi connectivity index (χ4n) is 2.54. The molecule has 0 aliphatic rings. The average molecular weight is 299 g/mol. The highest BCUT2D eigenvalue weighted by atomic mass is 19.1. The third-order valence-corrected chi connectivity index (χ3v) is 3.55. The lowest BCUT2D eigenvalue weighted by atomic mass is 9.94. The van der Waals surface area contributed by atoms with Crippen molar-refractivity contribution < 1.29 is 9.18 Å². The van der Waals surface area contributed by atoms with Crippen molar-refractivity contribution in [1.82, 2.24) is 5.32 Å². The summed E-state index contributed by atoms with van der Waals surface area (Å²) in [6.45, 7) is 4.00. The minimum atomic E-state index is -0.326. The number of amides is 1. The van der Waals surface area contributed by atoms with Crippen molar-refractivity contribution >= 4 is 5.91 Å². The van der Waals surface area contributed by atoms with Crippen molar-refractivity contribution in [3.05, 3.63) is 71.5 Å². The van der Waals surface area contributed by atoms with Crippen molar-refractivity contribution in [3.8, 4) is 0 Å². The van der Waals surface area contributed by atoms with Gasteiger partial charge < -0.3 is 5.32 Å². The zero-order valence-corrected chi connectivity index (χ0v) is 13.1. The van der Waals surface area contributed by atoms with Gasteiger partial charge in [-0.2, -0.15) is 0 Å². The van der Waals surface area contributed by atoms with E-state index in [1.165, 1.54) is 11.6 Å². The number of benzene rings is 2. The van der Waals surface area contributed by atoms with Crippen LogP contribution < -0.4 is 5.32 Å². The maximum atomic E-state index is 13.5. The maximum Gasteiger partial charge on any atom is 0.220 e. The van der Waals surface area contributed by atoms with Crippen LogP contribution in [0.3, 0.4) is 0 Å². The maximum absolute atomic E-state index is 13.5. The van der Waals surface area contributed by atoms with E-state index in [0.717, 1.165) is 6.42 Å². The molecule has 0 aliphatic carbocycles. The predicted molar refractivity (Wildman–Crippen MR) is 87.1 cm³/mol. The summed E-state index contributed by atoms with van der Waals surface area (Å²) in [5.41, 5.74) is 1.44. The fraction of sp³-hybridized carbons (Fsp3) is 0.316. The SMILES string of the molecule is CC(C)(Cc1ccccc1)NC(=O)CCc1ccccc1F. The molecule has 2 aromatic carbocycles. The van der Waals surface area contributed by atoms with E-state index in [2.05, 4.69) is 5.32 Å². The van der Waals surface area contributed by atoms with Crippen LogP contribution >= 0.6 is 0 Å². The molecule has 0 unspecified atom stereocenters. The van der Waals surface area contributed by atoms with Crippen molar-refractivity contribution in [3.63, 3.8) is 0 Å². The van der Waals surface area contributed by atoms with E-state index in [-0.39, 0.29) is 17.3 Å². The highest BCUT2D eigenvalue weighted by Crippen LogP contribution is 2.14. The van der Waals surface area contributed by atoms with Crippen molar-refractivity contribution in [1.29, 1.82) is 0 Å². The van der Waals surface area contributed by atoms with Gasteiger partial charge in [-0.25, -0.2) is 4.39 Å². The molecular weight excluding hydrogens is 277 g/mol. The third kappa shape index (κ3) is 4.99. The van der Waals surface area contributed by atoms with Gasteiger partial charge in [0, 0.05) is 12.0 Å². The Balaban J connectivity index is 1.87. The molecule has 3 heteroatoms. The Morgan fingerprint density at radius 2 is 1.68 bits per heavy atom. The molecule has 1 amide bonds. The first-order valence-corrected chi connectivity index (χ1v) is 7.55. The van der Waals surface area contributed by atoms with Gasteiger partial charge in [-0.3, -0.25) is 4.79 Å². The molecule has 0 aliphatic heterocycles. The number of aryl methyl sites for hydroxylation is 1. The Kier molecular flexibility index (Phi) is 5.31. The molecule has 0 radical (unpaired) electrons. The number of carbonyl (C=O) groups excluding carboxylic acids is 1. The molecule has 0 heterocycles. The van der Waals surface area contributed by atoms with E-state index in [1.54, 1.807) is 18.2 Å². The van der Waals surface area contributed by atoms with Gasteiger partial charge in [0.25, 0.3) is 0 Å². The molecule has 2 aromatic rings. The first-order chi connectivity index (χ1) is 10.5. The van der Waals surface area contributed by atoms with Crippen molar-refractivity contribution in [2.45, 2.75) is 38.6 Å². The molecule has 0 spiro atoms. The van der Waals surface area contributed by atoms with Crippen LogP contribution in [-0.4, -0.2) is 11.4 Å². The van der Waals surface area contributed by atoms with Gasteiger partial charge in [0.05, 0.1) is 0 Å². The Hall–Kier alpha value is -2.16. The summed E-state index contributed by atoms with van der Waals surface area (Å²) in [6, 6.07) is 16.6. The van der Waals surface area contributed by atoms with Crippen LogP contribution in [0.15, 0.2) is 54.6 Å². The summed E-state index contributed by atoms with van der Waals surface area (Å²) in [5.74, 6) is -0.303. The largest absolute Gasteiger partial charge is 0.351 e. The zero-order valence-electron chi connectivity index (χ0n) is 13.1. The monoisotopic (exact) mass is 299 g/mol. The van der Waals surface area contributed by atoms with Gasteiger partial charge in [0.1, 0.15) is 5.82 Å². The molecule has 0 bridgehead atoms. The van der Waals surface area contributed by atoms with Crippen molar-refractivity contribution in [2.24, 2.45) is 0 Å². The highest BCUT2D eigenvalue weighted by molar-refractivity contribution is 5.77. The summed E-state index contributed by atoms with van der Waals surface area (Å²) in [6.07, 6.45) is 1.47. The quantitative estimate of drug-likeness (QED) is 0.861. The molecule has 0 atom stereocenters. The van der Waals surface area contributed by atoms with Gasteiger partial charge in [-0.05, 0) is 43.9 Å². The molecule has 2 nitrogen and oxygen atoms in total. The van der Waals surface area contributed by atoms with Crippen LogP contribution in [0.2, 0.25) is 0 Å². The van der Waals surface area contributed by atoms with Gasteiger partial charge in [-0.1, -0.05) is 48.5 Å². The smallest absolute Gasteiger partial charge is 0.220 e. The Morgan fingerprint density at radius 3 is 2.36 bits per heavy atom. The molecule has 116 valence electrons. The molecule has 2 rings (SSSR count). The second kappa shape index (κ2) is 7.21. The summed E-state index contributed by atoms with van der Waals surface area (Å²) in [4.78, 5) is 12.1. The van der Waals surface area contributed by atoms with Crippen LogP contribution in [0.5, 0.6) is 0 Å². The van der Waals surface area contributed by atoms with Gasteiger partial charge >= 0.3 is 0 Å². The number of hydrogen-bond acceptors (Lipinski definition) is 1. The second-order valence-corrected chi connectivity index (χ2v) is 6.19. The van der Waals surface area contributed by atoms with E-state index >= 15 is 0 Å². The number of nitrogens with one attached hydrogen (secondary N) is 1. The summed E-state index contributed by atoms with van der Waals surface area (Å²) < 4.78 is 13.5. The first kappa shape index (κ1) is 16.2. The second-order valence-electron chi connectivity index (χ2n) is 6.19. The summed E-state index contributed by atoms with van der Waals surface area (Å²) in [5, 5.41) is 3.03. The fourth-order valence-corrected chi connectivity index (χ4v) is 2.54. The number of carbonyl (C=O) groups is 1. The normalized spacial score (nSPS) is 11.2. The number of hydrogen-bond donors (Lipinski definition) is 1. The molecule has 1 N–H and O–H groups in total. The van der Waals surface area contributed by atoms with E-state index in [4.69, 9.17) is 0 Å². The lowest BCUT2D eigenvalue weighted by Gasteiger charge is -2.26. The minimum Gasteiger partial charge on any atom is -0.351 e. The lowest BCUT2D eigenvalue weighted by Crippen LogP contribution is -2.45. The van der Waals surface area contributed by atoms with Gasteiger partial charge in [0.15, 0.2) is 0 Å². The average Bonchev–Trinajstić information content (AvgIpc) is 2.46. The minimum absolute atomic E-state index is 0.0517. The zero-order chi connectivity index (χ0) is 16.0. The lowest BCUT2D eigenvalue weighted by molar-refractivity contribution is -0.122. The topological polar surface area (TPSA) is 29.1 Å². The summed E-state index contributed by atoms with van der Waals surface area (Å²) >= 11 is 0. The van der Waals surface area contributed by atoms with Crippen LogP contribution in [0.25, 0.3) is 0 Å². The predicted octanol–water partition coefficient (Wildman–Crippen LogP) is 3.90. The van der Waals surface area contributed by atoms with Crippen LogP contribution in [-0.2, 0) is 17.6 Å². The third-order valence-electron chi connectivity index (χ3n) is 3.55. The standard InChI is InChI=1S/C19H22FNO/c1-19(2,14-15-8-4-3-5-9-15)21-18(22)13-12-16-10-6-7-11-17(16)20/h3-11H,12-14H2,1-2H3,(H,21,22). The van der Waals surface area contributed by atoms with Gasteiger partial charge in [-0.15, -0.1) is 0 Å². The highest BCUT2D eigenvalue weighted by Gasteiger charge is 2.20. The van der Waals surface area contributed by atoms with E-state index in [1.807, 2.05) is 44.2 Å². The Labute approximate surface area is 131 Å². The molecule has 0 aromatic heterocycles. The van der Waals surface area contributed by atoms with E-state index < -0.39 is 0 Å². The summed E-state index contributed by atoms with van der Waals surface area (Å²) in [7, 11) is 0. The number of rotatable bonds is 6.